The average Bonchev–Trinajstić information content (AvgIpc) is 2.38. The van der Waals surface area contributed by atoms with Gasteiger partial charge in [0, 0.05) is 18.0 Å². The summed E-state index contributed by atoms with van der Waals surface area (Å²) in [7, 11) is 0. The van der Waals surface area contributed by atoms with Crippen molar-refractivity contribution in [2.24, 2.45) is 5.73 Å². The van der Waals surface area contributed by atoms with Crippen LogP contribution in [0.1, 0.15) is 22.7 Å². The molecule has 2 rings (SSSR count). The Kier molecular flexibility index (Phi) is 4.06. The number of nitrogens with two attached hydrogens (primary N) is 1. The van der Waals surface area contributed by atoms with E-state index in [1.165, 1.54) is 6.07 Å². The molecule has 100 valence electrons. The number of hydrogen-bond acceptors (Lipinski definition) is 3. The summed E-state index contributed by atoms with van der Waals surface area (Å²) in [6, 6.07) is 7.83. The maximum atomic E-state index is 12.4. The fourth-order valence-corrected chi connectivity index (χ4v) is 1.87. The van der Waals surface area contributed by atoms with Gasteiger partial charge in [-0.1, -0.05) is 24.3 Å². The molecule has 2 aromatic rings. The molecule has 0 fully saturated rings. The van der Waals surface area contributed by atoms with Crippen molar-refractivity contribution in [2.75, 3.05) is 0 Å². The van der Waals surface area contributed by atoms with Crippen LogP contribution in [0, 0.1) is 6.92 Å². The Morgan fingerprint density at radius 2 is 1.95 bits per heavy atom. The largest absolute Gasteiger partial charge is 0.434 e. The number of ether oxygens (including phenoxy) is 1. The van der Waals surface area contributed by atoms with Crippen molar-refractivity contribution in [3.8, 4) is 5.75 Å². The predicted molar refractivity (Wildman–Crippen MR) is 68.1 cm³/mol. The van der Waals surface area contributed by atoms with Crippen LogP contribution < -0.4 is 10.5 Å². The number of halogens is 2. The molecule has 0 aliphatic rings. The van der Waals surface area contributed by atoms with E-state index >= 15 is 0 Å². The number of benzene rings is 1. The van der Waals surface area contributed by atoms with Crippen molar-refractivity contribution >= 4 is 0 Å². The number of nitrogens with zero attached hydrogens (tertiary/aromatic N) is 1. The van der Waals surface area contributed by atoms with Gasteiger partial charge in [0.25, 0.3) is 0 Å². The molecule has 0 aliphatic carbocycles. The second-order valence-electron chi connectivity index (χ2n) is 4.19. The Bertz CT molecular complexity index is 561. The van der Waals surface area contributed by atoms with Crippen molar-refractivity contribution in [3.63, 3.8) is 0 Å². The minimum atomic E-state index is -2.87. The molecule has 0 amide bonds. The van der Waals surface area contributed by atoms with E-state index in [1.807, 2.05) is 13.0 Å². The van der Waals surface area contributed by atoms with E-state index in [9.17, 15) is 8.78 Å². The van der Waals surface area contributed by atoms with Crippen LogP contribution in [0.5, 0.6) is 5.75 Å². The van der Waals surface area contributed by atoms with Gasteiger partial charge in [0.1, 0.15) is 5.75 Å². The summed E-state index contributed by atoms with van der Waals surface area (Å²) in [6.07, 6.45) is 3.33. The standard InChI is InChI=1S/C14H14F2N2O/c1-9-6-10(8-18-7-9)13(17)11-4-2-3-5-12(11)19-14(15)16/h2-8,13-14H,17H2,1H3. The summed E-state index contributed by atoms with van der Waals surface area (Å²) in [5.41, 5.74) is 8.32. The highest BCUT2D eigenvalue weighted by atomic mass is 19.3. The minimum absolute atomic E-state index is 0.0894. The number of aromatic nitrogens is 1. The first-order valence-corrected chi connectivity index (χ1v) is 5.79. The van der Waals surface area contributed by atoms with E-state index in [1.54, 1.807) is 30.6 Å². The van der Waals surface area contributed by atoms with Crippen molar-refractivity contribution < 1.29 is 13.5 Å². The Balaban J connectivity index is 2.35. The normalized spacial score (nSPS) is 12.5. The molecule has 1 heterocycles. The summed E-state index contributed by atoms with van der Waals surface area (Å²) in [5, 5.41) is 0. The van der Waals surface area contributed by atoms with Crippen LogP contribution in [-0.2, 0) is 0 Å². The number of aryl methyl sites for hydroxylation is 1. The van der Waals surface area contributed by atoms with Crippen molar-refractivity contribution in [3.05, 3.63) is 59.4 Å². The summed E-state index contributed by atoms with van der Waals surface area (Å²) in [5.74, 6) is 0.0894. The third-order valence-corrected chi connectivity index (χ3v) is 2.73. The maximum Gasteiger partial charge on any atom is 0.387 e. The van der Waals surface area contributed by atoms with E-state index in [2.05, 4.69) is 9.72 Å². The molecule has 5 heteroatoms. The Labute approximate surface area is 110 Å². The molecule has 0 bridgehead atoms. The molecule has 1 aromatic carbocycles. The lowest BCUT2D eigenvalue weighted by atomic mass is 9.99. The van der Waals surface area contributed by atoms with Crippen LogP contribution in [0.4, 0.5) is 8.78 Å². The van der Waals surface area contributed by atoms with Gasteiger partial charge in [-0.3, -0.25) is 4.98 Å². The second kappa shape index (κ2) is 5.75. The quantitative estimate of drug-likeness (QED) is 0.923. The lowest BCUT2D eigenvalue weighted by Gasteiger charge is -2.17. The van der Waals surface area contributed by atoms with E-state index < -0.39 is 12.7 Å². The van der Waals surface area contributed by atoms with Crippen LogP contribution in [0.15, 0.2) is 42.7 Å². The van der Waals surface area contributed by atoms with E-state index in [0.29, 0.717) is 5.56 Å². The SMILES string of the molecule is Cc1cncc(C(N)c2ccccc2OC(F)F)c1. The number of rotatable bonds is 4. The monoisotopic (exact) mass is 264 g/mol. The number of alkyl halides is 2. The highest BCUT2D eigenvalue weighted by Crippen LogP contribution is 2.29. The molecule has 0 saturated heterocycles. The van der Waals surface area contributed by atoms with Gasteiger partial charge in [0.2, 0.25) is 0 Å². The van der Waals surface area contributed by atoms with E-state index in [4.69, 9.17) is 5.73 Å². The third kappa shape index (κ3) is 3.26. The highest BCUT2D eigenvalue weighted by molar-refractivity contribution is 5.41. The van der Waals surface area contributed by atoms with Crippen LogP contribution >= 0.6 is 0 Å². The van der Waals surface area contributed by atoms with Gasteiger partial charge >= 0.3 is 6.61 Å². The molecule has 2 N–H and O–H groups in total. The Morgan fingerprint density at radius 1 is 1.21 bits per heavy atom. The summed E-state index contributed by atoms with van der Waals surface area (Å²) in [4.78, 5) is 4.05. The molecule has 3 nitrogen and oxygen atoms in total. The smallest absolute Gasteiger partial charge is 0.387 e. The molecular formula is C14H14F2N2O. The van der Waals surface area contributed by atoms with Gasteiger partial charge in [-0.05, 0) is 24.1 Å². The molecule has 1 aromatic heterocycles. The van der Waals surface area contributed by atoms with Gasteiger partial charge < -0.3 is 10.5 Å². The summed E-state index contributed by atoms with van der Waals surface area (Å²) >= 11 is 0. The number of hydrogen-bond donors (Lipinski definition) is 1. The molecule has 0 radical (unpaired) electrons. The van der Waals surface area contributed by atoms with Crippen LogP contribution in [0.3, 0.4) is 0 Å². The highest BCUT2D eigenvalue weighted by Gasteiger charge is 2.16. The first kappa shape index (κ1) is 13.4. The molecule has 1 unspecified atom stereocenters. The molecular weight excluding hydrogens is 250 g/mol. The fraction of sp³-hybridized carbons (Fsp3) is 0.214. The zero-order valence-corrected chi connectivity index (χ0v) is 10.4. The molecule has 0 aliphatic heterocycles. The zero-order chi connectivity index (χ0) is 13.8. The maximum absolute atomic E-state index is 12.4. The van der Waals surface area contributed by atoms with Gasteiger partial charge in [0.15, 0.2) is 0 Å². The average molecular weight is 264 g/mol. The van der Waals surface area contributed by atoms with Crippen LogP contribution in [0.2, 0.25) is 0 Å². The van der Waals surface area contributed by atoms with Gasteiger partial charge in [-0.2, -0.15) is 8.78 Å². The first-order valence-electron chi connectivity index (χ1n) is 5.79. The topological polar surface area (TPSA) is 48.1 Å². The Morgan fingerprint density at radius 3 is 2.63 bits per heavy atom. The second-order valence-corrected chi connectivity index (χ2v) is 4.19. The summed E-state index contributed by atoms with van der Waals surface area (Å²) < 4.78 is 29.2. The number of para-hydroxylation sites is 1. The fourth-order valence-electron chi connectivity index (χ4n) is 1.87. The Hall–Kier alpha value is -2.01. The number of pyridine rings is 1. The van der Waals surface area contributed by atoms with Crippen molar-refractivity contribution in [1.82, 2.24) is 4.98 Å². The van der Waals surface area contributed by atoms with Gasteiger partial charge in [0.05, 0.1) is 6.04 Å². The molecule has 0 spiro atoms. The first-order chi connectivity index (χ1) is 9.08. The van der Waals surface area contributed by atoms with Crippen molar-refractivity contribution in [2.45, 2.75) is 19.6 Å². The van der Waals surface area contributed by atoms with Gasteiger partial charge in [-0.15, -0.1) is 0 Å². The van der Waals surface area contributed by atoms with Crippen LogP contribution in [-0.4, -0.2) is 11.6 Å². The minimum Gasteiger partial charge on any atom is -0.434 e. The van der Waals surface area contributed by atoms with Crippen LogP contribution in [0.25, 0.3) is 0 Å². The van der Waals surface area contributed by atoms with E-state index in [0.717, 1.165) is 11.1 Å². The van der Waals surface area contributed by atoms with Crippen molar-refractivity contribution in [1.29, 1.82) is 0 Å². The zero-order valence-electron chi connectivity index (χ0n) is 10.4. The third-order valence-electron chi connectivity index (χ3n) is 2.73. The lowest BCUT2D eigenvalue weighted by molar-refractivity contribution is -0.0505. The lowest BCUT2D eigenvalue weighted by Crippen LogP contribution is -2.15. The summed E-state index contributed by atoms with van der Waals surface area (Å²) in [6.45, 7) is -0.978. The van der Waals surface area contributed by atoms with E-state index in [-0.39, 0.29) is 5.75 Å². The molecule has 1 atom stereocenters. The molecule has 0 saturated carbocycles. The molecule has 19 heavy (non-hydrogen) atoms. The van der Waals surface area contributed by atoms with Gasteiger partial charge in [-0.25, -0.2) is 0 Å². The predicted octanol–water partition coefficient (Wildman–Crippen LogP) is 3.04.